The van der Waals surface area contributed by atoms with Gasteiger partial charge in [-0.3, -0.25) is 9.48 Å². The van der Waals surface area contributed by atoms with Crippen LogP contribution in [0.2, 0.25) is 0 Å². The highest BCUT2D eigenvalue weighted by molar-refractivity contribution is 5.55. The van der Waals surface area contributed by atoms with Crippen molar-refractivity contribution in [3.8, 4) is 11.3 Å². The average Bonchev–Trinajstić information content (AvgIpc) is 2.72. The first kappa shape index (κ1) is 11.6. The van der Waals surface area contributed by atoms with Crippen molar-refractivity contribution in [2.24, 2.45) is 0 Å². The monoisotopic (exact) mass is 232 g/mol. The highest BCUT2D eigenvalue weighted by atomic mass is 16.1. The molecule has 0 fully saturated rings. The van der Waals surface area contributed by atoms with Gasteiger partial charge in [0.15, 0.2) is 0 Å². The minimum Gasteiger partial charge on any atom is -0.323 e. The molecule has 0 aliphatic heterocycles. The van der Waals surface area contributed by atoms with Gasteiger partial charge < -0.3 is 4.98 Å². The van der Waals surface area contributed by atoms with Crippen LogP contribution in [-0.4, -0.2) is 19.7 Å². The largest absolute Gasteiger partial charge is 0.323 e. The first-order chi connectivity index (χ1) is 8.11. The lowest BCUT2D eigenvalue weighted by molar-refractivity contribution is 0.603. The molecule has 0 amide bonds. The normalized spacial score (nSPS) is 10.8. The minimum absolute atomic E-state index is 0.163. The van der Waals surface area contributed by atoms with E-state index in [0.29, 0.717) is 5.69 Å². The van der Waals surface area contributed by atoms with Crippen molar-refractivity contribution < 1.29 is 0 Å². The van der Waals surface area contributed by atoms with E-state index < -0.39 is 0 Å². The van der Waals surface area contributed by atoms with Gasteiger partial charge in [0.2, 0.25) is 0 Å². The van der Waals surface area contributed by atoms with Gasteiger partial charge in [-0.1, -0.05) is 6.92 Å². The van der Waals surface area contributed by atoms with Crippen LogP contribution in [0.15, 0.2) is 17.2 Å². The van der Waals surface area contributed by atoms with E-state index in [-0.39, 0.29) is 5.56 Å². The van der Waals surface area contributed by atoms with E-state index in [1.165, 1.54) is 0 Å². The molecule has 2 aromatic rings. The molecule has 5 nitrogen and oxygen atoms in total. The second-order valence-electron chi connectivity index (χ2n) is 4.12. The van der Waals surface area contributed by atoms with Crippen molar-refractivity contribution in [1.29, 1.82) is 0 Å². The molecule has 0 atom stereocenters. The maximum atomic E-state index is 11.8. The molecule has 0 aliphatic carbocycles. The smallest absolute Gasteiger partial charge is 0.274 e. The lowest BCUT2D eigenvalue weighted by Crippen LogP contribution is -2.14. The molecule has 90 valence electrons. The lowest BCUT2D eigenvalue weighted by atomic mass is 10.2. The van der Waals surface area contributed by atoms with Gasteiger partial charge in [-0.2, -0.15) is 5.10 Å². The van der Waals surface area contributed by atoms with Crippen molar-refractivity contribution in [3.05, 3.63) is 34.1 Å². The van der Waals surface area contributed by atoms with Crippen LogP contribution in [0.5, 0.6) is 0 Å². The van der Waals surface area contributed by atoms with Crippen LogP contribution >= 0.6 is 0 Å². The summed E-state index contributed by atoms with van der Waals surface area (Å²) in [6.07, 6.45) is 4.55. The number of nitrogens with one attached hydrogen (secondary N) is 1. The Morgan fingerprint density at radius 1 is 1.41 bits per heavy atom. The number of aromatic nitrogens is 4. The van der Waals surface area contributed by atoms with E-state index in [0.717, 1.165) is 29.9 Å². The van der Waals surface area contributed by atoms with Gasteiger partial charge in [-0.15, -0.1) is 0 Å². The molecule has 0 saturated carbocycles. The molecule has 2 aromatic heterocycles. The molecule has 1 N–H and O–H groups in total. The van der Waals surface area contributed by atoms with E-state index in [1.54, 1.807) is 6.20 Å². The van der Waals surface area contributed by atoms with Crippen LogP contribution in [0.1, 0.15) is 24.7 Å². The number of nitrogens with zero attached hydrogens (tertiary/aromatic N) is 3. The van der Waals surface area contributed by atoms with Crippen molar-refractivity contribution in [3.63, 3.8) is 0 Å². The predicted molar refractivity (Wildman–Crippen MR) is 65.8 cm³/mol. The van der Waals surface area contributed by atoms with E-state index in [4.69, 9.17) is 0 Å². The van der Waals surface area contributed by atoms with E-state index in [9.17, 15) is 4.79 Å². The molecular formula is C12H16N4O. The Hall–Kier alpha value is -1.91. The van der Waals surface area contributed by atoms with Gasteiger partial charge >= 0.3 is 0 Å². The number of aryl methyl sites for hydroxylation is 3. The van der Waals surface area contributed by atoms with Crippen molar-refractivity contribution in [2.45, 2.75) is 33.7 Å². The van der Waals surface area contributed by atoms with Crippen molar-refractivity contribution in [1.82, 2.24) is 19.7 Å². The van der Waals surface area contributed by atoms with Gasteiger partial charge in [0.1, 0.15) is 5.69 Å². The van der Waals surface area contributed by atoms with Gasteiger partial charge in [0, 0.05) is 24.0 Å². The van der Waals surface area contributed by atoms with Crippen LogP contribution in [0.25, 0.3) is 11.3 Å². The average molecular weight is 232 g/mol. The first-order valence-corrected chi connectivity index (χ1v) is 5.72. The third kappa shape index (κ3) is 2.27. The molecule has 0 radical (unpaired) electrons. The molecule has 5 heteroatoms. The molecule has 0 aliphatic rings. The summed E-state index contributed by atoms with van der Waals surface area (Å²) in [4.78, 5) is 18.9. The quantitative estimate of drug-likeness (QED) is 0.875. The van der Waals surface area contributed by atoms with Crippen LogP contribution in [0.3, 0.4) is 0 Å². The number of rotatable bonds is 3. The second-order valence-corrected chi connectivity index (χ2v) is 4.12. The second kappa shape index (κ2) is 4.53. The Balaban J connectivity index is 2.45. The summed E-state index contributed by atoms with van der Waals surface area (Å²) in [5, 5.41) is 4.20. The molecule has 0 saturated heterocycles. The molecule has 0 spiro atoms. The van der Waals surface area contributed by atoms with Crippen LogP contribution in [-0.2, 0) is 6.54 Å². The third-order valence-corrected chi connectivity index (χ3v) is 2.70. The Bertz CT molecular complexity index is 582. The third-order valence-electron chi connectivity index (χ3n) is 2.70. The summed E-state index contributed by atoms with van der Waals surface area (Å²) in [5.74, 6) is 0. The van der Waals surface area contributed by atoms with Crippen LogP contribution < -0.4 is 5.56 Å². The van der Waals surface area contributed by atoms with E-state index >= 15 is 0 Å². The van der Waals surface area contributed by atoms with Crippen molar-refractivity contribution in [2.75, 3.05) is 0 Å². The summed E-state index contributed by atoms with van der Waals surface area (Å²) in [5.41, 5.74) is 2.69. The maximum absolute atomic E-state index is 11.8. The fourth-order valence-electron chi connectivity index (χ4n) is 1.66. The molecular weight excluding hydrogens is 216 g/mol. The number of hydrogen-bond donors (Lipinski definition) is 1. The zero-order chi connectivity index (χ0) is 12.4. The number of hydrogen-bond acceptors (Lipinski definition) is 3. The predicted octanol–water partition coefficient (Wildman–Crippen LogP) is 1.66. The molecule has 2 heterocycles. The van der Waals surface area contributed by atoms with Gasteiger partial charge in [0.25, 0.3) is 5.56 Å². The van der Waals surface area contributed by atoms with Crippen molar-refractivity contribution >= 4 is 0 Å². The fourth-order valence-corrected chi connectivity index (χ4v) is 1.66. The van der Waals surface area contributed by atoms with Gasteiger partial charge in [0.05, 0.1) is 11.9 Å². The maximum Gasteiger partial charge on any atom is 0.274 e. The minimum atomic E-state index is -0.163. The Kier molecular flexibility index (Phi) is 3.08. The Labute approximate surface area is 99.5 Å². The Morgan fingerprint density at radius 2 is 2.18 bits per heavy atom. The van der Waals surface area contributed by atoms with Crippen LogP contribution in [0.4, 0.5) is 0 Å². The van der Waals surface area contributed by atoms with Gasteiger partial charge in [-0.05, 0) is 20.3 Å². The molecule has 17 heavy (non-hydrogen) atoms. The van der Waals surface area contributed by atoms with Gasteiger partial charge in [-0.25, -0.2) is 4.98 Å². The standard InChI is InChI=1S/C12H16N4O/c1-4-5-16-7-10(6-13-16)11-12(17)15-9(3)8(2)14-11/h6-7H,4-5H2,1-3H3,(H,15,17). The highest BCUT2D eigenvalue weighted by Gasteiger charge is 2.09. The van der Waals surface area contributed by atoms with E-state index in [2.05, 4.69) is 22.0 Å². The zero-order valence-electron chi connectivity index (χ0n) is 10.3. The topological polar surface area (TPSA) is 63.6 Å². The summed E-state index contributed by atoms with van der Waals surface area (Å²) >= 11 is 0. The van der Waals surface area contributed by atoms with Crippen LogP contribution in [0, 0.1) is 13.8 Å². The summed E-state index contributed by atoms with van der Waals surface area (Å²) in [6, 6.07) is 0. The lowest BCUT2D eigenvalue weighted by Gasteiger charge is -2.01. The first-order valence-electron chi connectivity index (χ1n) is 5.72. The van der Waals surface area contributed by atoms with E-state index in [1.807, 2.05) is 24.7 Å². The number of H-pyrrole nitrogens is 1. The number of aromatic amines is 1. The summed E-state index contributed by atoms with van der Waals surface area (Å²) in [6.45, 7) is 6.66. The molecule has 2 rings (SSSR count). The molecule has 0 unspecified atom stereocenters. The Morgan fingerprint density at radius 3 is 2.88 bits per heavy atom. The molecule has 0 aromatic carbocycles. The summed E-state index contributed by atoms with van der Waals surface area (Å²) in [7, 11) is 0. The molecule has 0 bridgehead atoms. The highest BCUT2D eigenvalue weighted by Crippen LogP contribution is 2.12. The fraction of sp³-hybridized carbons (Fsp3) is 0.417. The SMILES string of the molecule is CCCn1cc(-c2nc(C)c(C)[nH]c2=O)cn1. The zero-order valence-corrected chi connectivity index (χ0v) is 10.3. The summed E-state index contributed by atoms with van der Waals surface area (Å²) < 4.78 is 1.83.